The SMILES string of the molecule is C=CCO[C@H]1[C@H](OCc2ccccc2)[C@@H](OCc2ccccc2)[C@@H](OC)O[C@@H]1CO[C@@H]1O[C@H](COCc2ccccc2)[C@@H](OCc2ccccc2)[C@H](OCc2ccccc2)[C@H]1OCc1ccccc1. The molecular weight excluding hydrogens is 873 g/mol. The Hall–Kier alpha value is -5.38. The molecule has 0 spiro atoms. The molecule has 0 aromatic heterocycles. The maximum Gasteiger partial charge on any atom is 0.187 e. The zero-order chi connectivity index (χ0) is 47.3. The van der Waals surface area contributed by atoms with Crippen LogP contribution in [0.15, 0.2) is 195 Å². The maximum atomic E-state index is 7.03. The molecule has 11 nitrogen and oxygen atoms in total. The third-order valence-electron chi connectivity index (χ3n) is 12.1. The highest BCUT2D eigenvalue weighted by molar-refractivity contribution is 5.18. The highest BCUT2D eigenvalue weighted by Gasteiger charge is 2.52. The van der Waals surface area contributed by atoms with E-state index in [4.69, 9.17) is 52.1 Å². The maximum absolute atomic E-state index is 7.03. The molecule has 0 N–H and O–H groups in total. The first kappa shape index (κ1) is 50.0. The van der Waals surface area contributed by atoms with E-state index in [1.54, 1.807) is 13.2 Å². The molecule has 10 atom stereocenters. The fourth-order valence-electron chi connectivity index (χ4n) is 8.55. The summed E-state index contributed by atoms with van der Waals surface area (Å²) in [6, 6.07) is 60.1. The smallest absolute Gasteiger partial charge is 0.187 e. The van der Waals surface area contributed by atoms with Gasteiger partial charge in [0.1, 0.15) is 48.8 Å². The lowest BCUT2D eigenvalue weighted by Gasteiger charge is -2.48. The van der Waals surface area contributed by atoms with Crippen molar-refractivity contribution in [2.75, 3.05) is 26.9 Å². The van der Waals surface area contributed by atoms with Crippen molar-refractivity contribution in [1.82, 2.24) is 0 Å². The van der Waals surface area contributed by atoms with Crippen LogP contribution in [0.5, 0.6) is 0 Å². The summed E-state index contributed by atoms with van der Waals surface area (Å²) in [6.07, 6.45) is -5.66. The largest absolute Gasteiger partial charge is 0.374 e. The Morgan fingerprint density at radius 1 is 0.362 bits per heavy atom. The van der Waals surface area contributed by atoms with Gasteiger partial charge in [0.15, 0.2) is 12.6 Å². The van der Waals surface area contributed by atoms with Crippen LogP contribution in [-0.4, -0.2) is 88.3 Å². The van der Waals surface area contributed by atoms with Gasteiger partial charge >= 0.3 is 0 Å². The van der Waals surface area contributed by atoms with Crippen LogP contribution in [0, 0.1) is 0 Å². The Morgan fingerprint density at radius 3 is 1.07 bits per heavy atom. The van der Waals surface area contributed by atoms with Gasteiger partial charge in [-0.3, -0.25) is 0 Å². The second kappa shape index (κ2) is 27.1. The van der Waals surface area contributed by atoms with E-state index in [9.17, 15) is 0 Å². The Balaban J connectivity index is 1.11. The Labute approximate surface area is 406 Å². The number of benzene rings is 6. The van der Waals surface area contributed by atoms with E-state index in [-0.39, 0.29) is 33.0 Å². The molecule has 0 aliphatic carbocycles. The normalized spacial score (nSPS) is 24.7. The van der Waals surface area contributed by atoms with E-state index in [1.807, 2.05) is 182 Å². The summed E-state index contributed by atoms with van der Waals surface area (Å²) in [7, 11) is 1.60. The number of ether oxygens (including phenoxy) is 11. The predicted molar refractivity (Wildman–Crippen MR) is 261 cm³/mol. The van der Waals surface area contributed by atoms with E-state index >= 15 is 0 Å². The van der Waals surface area contributed by atoms with Gasteiger partial charge in [-0.25, -0.2) is 0 Å². The molecule has 6 aromatic rings. The Bertz CT molecular complexity index is 2310. The molecule has 8 rings (SSSR count). The van der Waals surface area contributed by atoms with Crippen molar-refractivity contribution in [3.8, 4) is 0 Å². The lowest BCUT2D eigenvalue weighted by molar-refractivity contribution is -0.350. The molecule has 11 heteroatoms. The number of hydrogen-bond donors (Lipinski definition) is 0. The van der Waals surface area contributed by atoms with Gasteiger partial charge in [0.05, 0.1) is 59.5 Å². The molecular formula is C58H64O11. The van der Waals surface area contributed by atoms with Crippen molar-refractivity contribution in [3.05, 3.63) is 228 Å². The summed E-state index contributed by atoms with van der Waals surface area (Å²) in [5.74, 6) is 0. The van der Waals surface area contributed by atoms with Crippen LogP contribution in [-0.2, 0) is 91.7 Å². The second-order valence-electron chi connectivity index (χ2n) is 17.0. The zero-order valence-electron chi connectivity index (χ0n) is 39.2. The van der Waals surface area contributed by atoms with Gasteiger partial charge in [0, 0.05) is 7.11 Å². The predicted octanol–water partition coefficient (Wildman–Crippen LogP) is 9.81. The molecule has 0 unspecified atom stereocenters. The number of hydrogen-bond acceptors (Lipinski definition) is 11. The average Bonchev–Trinajstić information content (AvgIpc) is 3.41. The fourth-order valence-corrected chi connectivity index (χ4v) is 8.55. The number of rotatable bonds is 26. The third-order valence-corrected chi connectivity index (χ3v) is 12.1. The molecule has 2 saturated heterocycles. The zero-order valence-corrected chi connectivity index (χ0v) is 39.2. The van der Waals surface area contributed by atoms with Crippen LogP contribution in [0.2, 0.25) is 0 Å². The summed E-state index contributed by atoms with van der Waals surface area (Å²) < 4.78 is 74.1. The molecule has 2 heterocycles. The molecule has 0 amide bonds. The first-order chi connectivity index (χ1) is 34.1. The summed E-state index contributed by atoms with van der Waals surface area (Å²) in [5, 5.41) is 0. The summed E-state index contributed by atoms with van der Waals surface area (Å²) >= 11 is 0. The highest BCUT2D eigenvalue weighted by Crippen LogP contribution is 2.35. The van der Waals surface area contributed by atoms with Gasteiger partial charge in [-0.05, 0) is 33.4 Å². The van der Waals surface area contributed by atoms with E-state index in [2.05, 4.69) is 6.58 Å². The van der Waals surface area contributed by atoms with Gasteiger partial charge in [0.25, 0.3) is 0 Å². The Kier molecular flexibility index (Phi) is 19.7. The van der Waals surface area contributed by atoms with Gasteiger partial charge in [-0.15, -0.1) is 6.58 Å². The van der Waals surface area contributed by atoms with E-state index in [0.29, 0.717) is 26.4 Å². The molecule has 0 bridgehead atoms. The quantitative estimate of drug-likeness (QED) is 0.0486. The molecule has 69 heavy (non-hydrogen) atoms. The molecule has 2 aliphatic heterocycles. The minimum Gasteiger partial charge on any atom is -0.374 e. The summed E-state index contributed by atoms with van der Waals surface area (Å²) in [6.45, 7) is 6.18. The first-order valence-electron chi connectivity index (χ1n) is 23.7. The van der Waals surface area contributed by atoms with Crippen LogP contribution >= 0.6 is 0 Å². The van der Waals surface area contributed by atoms with E-state index in [1.165, 1.54) is 0 Å². The van der Waals surface area contributed by atoms with Crippen LogP contribution in [0.25, 0.3) is 0 Å². The average molecular weight is 937 g/mol. The van der Waals surface area contributed by atoms with Crippen LogP contribution < -0.4 is 0 Å². The minimum absolute atomic E-state index is 0.00727. The van der Waals surface area contributed by atoms with Crippen molar-refractivity contribution < 1.29 is 52.1 Å². The first-order valence-corrected chi connectivity index (χ1v) is 23.7. The van der Waals surface area contributed by atoms with Gasteiger partial charge in [-0.2, -0.15) is 0 Å². The molecule has 6 aromatic carbocycles. The van der Waals surface area contributed by atoms with Crippen molar-refractivity contribution in [2.24, 2.45) is 0 Å². The van der Waals surface area contributed by atoms with Crippen molar-refractivity contribution in [1.29, 1.82) is 0 Å². The van der Waals surface area contributed by atoms with Crippen molar-refractivity contribution >= 4 is 0 Å². The standard InChI is InChI=1S/C58H64O11/c1-3-34-61-51-50(68-57(59-2)55(65-39-47-30-18-8-19-31-47)53(51)63-37-45-26-14-6-15-27-45)42-67-58-56(66-40-48-32-20-9-21-33-48)54(64-38-46-28-16-7-17-29-46)52(62-36-44-24-12-5-13-25-44)49(69-58)41-60-35-43-22-10-4-11-23-43/h3-33,49-58H,1,34-42H2,2H3/t49-,50-,51-,52-,53+,54+,55-,56-,57+,58-/m1/s1. The van der Waals surface area contributed by atoms with Crippen LogP contribution in [0.4, 0.5) is 0 Å². The van der Waals surface area contributed by atoms with Crippen LogP contribution in [0.3, 0.4) is 0 Å². The third kappa shape index (κ3) is 14.8. The Morgan fingerprint density at radius 2 is 0.681 bits per heavy atom. The monoisotopic (exact) mass is 936 g/mol. The molecule has 2 aliphatic rings. The van der Waals surface area contributed by atoms with Gasteiger partial charge in [0.2, 0.25) is 0 Å². The van der Waals surface area contributed by atoms with Gasteiger partial charge < -0.3 is 52.1 Å². The highest BCUT2D eigenvalue weighted by atomic mass is 16.7. The van der Waals surface area contributed by atoms with Crippen LogP contribution in [0.1, 0.15) is 33.4 Å². The molecule has 0 radical (unpaired) electrons. The molecule has 0 saturated carbocycles. The van der Waals surface area contributed by atoms with Crippen molar-refractivity contribution in [2.45, 2.75) is 101 Å². The second-order valence-corrected chi connectivity index (χ2v) is 17.0. The lowest BCUT2D eigenvalue weighted by atomic mass is 9.97. The van der Waals surface area contributed by atoms with Gasteiger partial charge in [-0.1, -0.05) is 188 Å². The van der Waals surface area contributed by atoms with E-state index < -0.39 is 61.4 Å². The van der Waals surface area contributed by atoms with E-state index in [0.717, 1.165) is 33.4 Å². The molecule has 2 fully saturated rings. The lowest BCUT2D eigenvalue weighted by Crippen LogP contribution is -2.64. The van der Waals surface area contributed by atoms with Crippen molar-refractivity contribution in [3.63, 3.8) is 0 Å². The fraction of sp³-hybridized carbons (Fsp3) is 0.345. The topological polar surface area (TPSA) is 102 Å². The minimum atomic E-state index is -0.989. The molecule has 362 valence electrons. The number of methoxy groups -OCH3 is 1. The summed E-state index contributed by atoms with van der Waals surface area (Å²) in [5.41, 5.74) is 6.00. The summed E-state index contributed by atoms with van der Waals surface area (Å²) in [4.78, 5) is 0.